The van der Waals surface area contributed by atoms with E-state index in [1.54, 1.807) is 24.3 Å². The minimum absolute atomic E-state index is 0.0506. The Morgan fingerprint density at radius 1 is 1.05 bits per heavy atom. The molecule has 0 aliphatic carbocycles. The Bertz CT molecular complexity index is 753. The number of nitrogens with one attached hydrogen (secondary N) is 1. The zero-order chi connectivity index (χ0) is 16.2. The van der Waals surface area contributed by atoms with E-state index >= 15 is 0 Å². The Labute approximate surface area is 135 Å². The summed E-state index contributed by atoms with van der Waals surface area (Å²) >= 11 is 5.75. The van der Waals surface area contributed by atoms with E-state index in [2.05, 4.69) is 4.72 Å². The maximum atomic E-state index is 12.2. The number of hydrogen-bond donors (Lipinski definition) is 1. The minimum atomic E-state index is -3.67. The lowest BCUT2D eigenvalue weighted by Gasteiger charge is -2.08. The first-order chi connectivity index (χ1) is 10.4. The Morgan fingerprint density at radius 2 is 1.64 bits per heavy atom. The molecule has 0 saturated carbocycles. The predicted octanol–water partition coefficient (Wildman–Crippen LogP) is 4.12. The van der Waals surface area contributed by atoms with Gasteiger partial charge in [-0.15, -0.1) is 0 Å². The third kappa shape index (κ3) is 4.08. The quantitative estimate of drug-likeness (QED) is 0.806. The van der Waals surface area contributed by atoms with Gasteiger partial charge in [-0.05, 0) is 55.0 Å². The van der Waals surface area contributed by atoms with E-state index in [1.165, 1.54) is 24.3 Å². The van der Waals surface area contributed by atoms with Crippen molar-refractivity contribution in [2.24, 2.45) is 0 Å². The minimum Gasteiger partial charge on any atom is -0.294 e. The van der Waals surface area contributed by atoms with Gasteiger partial charge in [0.25, 0.3) is 10.0 Å². The van der Waals surface area contributed by atoms with Crippen molar-refractivity contribution >= 4 is 33.1 Å². The van der Waals surface area contributed by atoms with Crippen LogP contribution >= 0.6 is 11.6 Å². The summed E-state index contributed by atoms with van der Waals surface area (Å²) in [5.41, 5.74) is 0.985. The van der Waals surface area contributed by atoms with Gasteiger partial charge in [0.15, 0.2) is 5.78 Å². The van der Waals surface area contributed by atoms with Crippen LogP contribution in [0.3, 0.4) is 0 Å². The first-order valence-corrected chi connectivity index (χ1v) is 8.70. The average Bonchev–Trinajstić information content (AvgIpc) is 2.48. The van der Waals surface area contributed by atoms with Crippen molar-refractivity contribution in [3.8, 4) is 0 Å². The van der Waals surface area contributed by atoms with Gasteiger partial charge in [-0.1, -0.05) is 18.5 Å². The van der Waals surface area contributed by atoms with E-state index in [-0.39, 0.29) is 10.7 Å². The molecule has 0 amide bonds. The highest BCUT2D eigenvalue weighted by Crippen LogP contribution is 2.19. The van der Waals surface area contributed by atoms with Crippen LogP contribution in [-0.4, -0.2) is 14.2 Å². The summed E-state index contributed by atoms with van der Waals surface area (Å²) in [7, 11) is -3.67. The number of ketones is 1. The Kier molecular flexibility index (Phi) is 5.21. The van der Waals surface area contributed by atoms with Gasteiger partial charge in [0.2, 0.25) is 0 Å². The average molecular weight is 338 g/mol. The molecule has 0 fully saturated rings. The molecule has 0 unspecified atom stereocenters. The summed E-state index contributed by atoms with van der Waals surface area (Å²) in [6.45, 7) is 1.94. The molecule has 0 aliphatic rings. The van der Waals surface area contributed by atoms with Crippen LogP contribution in [0, 0.1) is 0 Å². The fraction of sp³-hybridized carbons (Fsp3) is 0.188. The molecule has 0 radical (unpaired) electrons. The molecule has 0 bridgehead atoms. The normalized spacial score (nSPS) is 11.2. The molecule has 116 valence electrons. The fourth-order valence-electron chi connectivity index (χ4n) is 1.92. The topological polar surface area (TPSA) is 63.2 Å². The highest BCUT2D eigenvalue weighted by Gasteiger charge is 2.14. The van der Waals surface area contributed by atoms with Crippen molar-refractivity contribution in [2.45, 2.75) is 24.7 Å². The first-order valence-electron chi connectivity index (χ1n) is 6.84. The number of hydrogen-bond acceptors (Lipinski definition) is 3. The number of anilines is 1. The lowest BCUT2D eigenvalue weighted by Crippen LogP contribution is -2.12. The molecule has 0 spiro atoms. The molecular weight excluding hydrogens is 322 g/mol. The summed E-state index contributed by atoms with van der Waals surface area (Å²) in [5, 5.41) is 0.470. The number of carbonyl (C=O) groups excluding carboxylic acids is 1. The molecule has 4 nitrogen and oxygen atoms in total. The Balaban J connectivity index is 2.16. The van der Waals surface area contributed by atoms with Gasteiger partial charge in [-0.25, -0.2) is 8.42 Å². The van der Waals surface area contributed by atoms with E-state index < -0.39 is 10.0 Å². The van der Waals surface area contributed by atoms with Gasteiger partial charge in [0.05, 0.1) is 4.90 Å². The van der Waals surface area contributed by atoms with Crippen LogP contribution in [-0.2, 0) is 10.0 Å². The van der Waals surface area contributed by atoms with Gasteiger partial charge in [0, 0.05) is 22.7 Å². The number of Topliss-reactive ketones (excluding diaryl/α,β-unsaturated/α-hetero) is 1. The van der Waals surface area contributed by atoms with Gasteiger partial charge < -0.3 is 0 Å². The summed E-state index contributed by atoms with van der Waals surface area (Å²) in [4.78, 5) is 11.9. The number of halogens is 1. The largest absolute Gasteiger partial charge is 0.294 e. The molecule has 22 heavy (non-hydrogen) atoms. The van der Waals surface area contributed by atoms with Crippen molar-refractivity contribution in [1.82, 2.24) is 0 Å². The summed E-state index contributed by atoms with van der Waals surface area (Å²) in [6, 6.07) is 12.3. The lowest BCUT2D eigenvalue weighted by atomic mass is 10.1. The van der Waals surface area contributed by atoms with Crippen LogP contribution in [0.15, 0.2) is 53.4 Å². The monoisotopic (exact) mass is 337 g/mol. The standard InChI is InChI=1S/C16H16ClNO3S/c1-2-3-16(19)12-4-8-14(9-5-12)18-22(20,21)15-10-6-13(17)7-11-15/h4-11,18H,2-3H2,1H3. The van der Waals surface area contributed by atoms with E-state index in [9.17, 15) is 13.2 Å². The highest BCUT2D eigenvalue weighted by atomic mass is 35.5. The molecule has 2 aromatic rings. The van der Waals surface area contributed by atoms with Crippen molar-refractivity contribution in [3.63, 3.8) is 0 Å². The van der Waals surface area contributed by atoms with Crippen molar-refractivity contribution < 1.29 is 13.2 Å². The molecule has 1 N–H and O–H groups in total. The molecule has 0 atom stereocenters. The van der Waals surface area contributed by atoms with Crippen LogP contribution in [0.4, 0.5) is 5.69 Å². The maximum absolute atomic E-state index is 12.2. The van der Waals surface area contributed by atoms with Crippen molar-refractivity contribution in [1.29, 1.82) is 0 Å². The summed E-state index contributed by atoms with van der Waals surface area (Å²) in [5.74, 6) is 0.0506. The molecule has 0 heterocycles. The molecule has 0 aliphatic heterocycles. The molecular formula is C16H16ClNO3S. The van der Waals surface area contributed by atoms with E-state index in [0.29, 0.717) is 22.7 Å². The second-order valence-corrected chi connectivity index (χ2v) is 6.93. The summed E-state index contributed by atoms with van der Waals surface area (Å²) < 4.78 is 26.9. The van der Waals surface area contributed by atoms with Crippen molar-refractivity contribution in [3.05, 3.63) is 59.1 Å². The third-order valence-corrected chi connectivity index (χ3v) is 4.71. The van der Waals surface area contributed by atoms with E-state index in [1.807, 2.05) is 6.92 Å². The zero-order valence-electron chi connectivity index (χ0n) is 12.0. The second-order valence-electron chi connectivity index (χ2n) is 4.81. The molecule has 0 saturated heterocycles. The Morgan fingerprint density at radius 3 is 2.18 bits per heavy atom. The predicted molar refractivity (Wildman–Crippen MR) is 87.9 cm³/mol. The van der Waals surface area contributed by atoms with Gasteiger partial charge in [0.1, 0.15) is 0 Å². The molecule has 2 aromatic carbocycles. The van der Waals surface area contributed by atoms with Crippen LogP contribution in [0.5, 0.6) is 0 Å². The van der Waals surface area contributed by atoms with Gasteiger partial charge in [-0.2, -0.15) is 0 Å². The zero-order valence-corrected chi connectivity index (χ0v) is 13.6. The Hall–Kier alpha value is -1.85. The SMILES string of the molecule is CCCC(=O)c1ccc(NS(=O)(=O)c2ccc(Cl)cc2)cc1. The smallest absolute Gasteiger partial charge is 0.261 e. The van der Waals surface area contributed by atoms with E-state index in [0.717, 1.165) is 6.42 Å². The number of sulfonamides is 1. The number of rotatable bonds is 6. The first kappa shape index (κ1) is 16.5. The van der Waals surface area contributed by atoms with Crippen LogP contribution in [0.25, 0.3) is 0 Å². The second kappa shape index (κ2) is 6.94. The molecule has 6 heteroatoms. The fourth-order valence-corrected chi connectivity index (χ4v) is 3.11. The van der Waals surface area contributed by atoms with Crippen LogP contribution in [0.2, 0.25) is 5.02 Å². The van der Waals surface area contributed by atoms with Crippen molar-refractivity contribution in [2.75, 3.05) is 4.72 Å². The summed E-state index contributed by atoms with van der Waals surface area (Å²) in [6.07, 6.45) is 1.26. The number of carbonyl (C=O) groups is 1. The van der Waals surface area contributed by atoms with Gasteiger partial charge in [-0.3, -0.25) is 9.52 Å². The molecule has 0 aromatic heterocycles. The molecule has 2 rings (SSSR count). The lowest BCUT2D eigenvalue weighted by molar-refractivity contribution is 0.0982. The van der Waals surface area contributed by atoms with Crippen LogP contribution in [0.1, 0.15) is 30.1 Å². The van der Waals surface area contributed by atoms with Gasteiger partial charge >= 0.3 is 0 Å². The number of benzene rings is 2. The maximum Gasteiger partial charge on any atom is 0.261 e. The van der Waals surface area contributed by atoms with E-state index in [4.69, 9.17) is 11.6 Å². The highest BCUT2D eigenvalue weighted by molar-refractivity contribution is 7.92. The van der Waals surface area contributed by atoms with Crippen LogP contribution < -0.4 is 4.72 Å². The third-order valence-electron chi connectivity index (χ3n) is 3.06.